The third kappa shape index (κ3) is 50.1. The van der Waals surface area contributed by atoms with E-state index in [-0.39, 0.29) is 18.5 Å². The number of carbonyl (C=O) groups is 2. The van der Waals surface area contributed by atoms with Crippen LogP contribution < -0.4 is 5.32 Å². The third-order valence-corrected chi connectivity index (χ3v) is 16.4. The van der Waals surface area contributed by atoms with E-state index in [1.54, 1.807) is 6.08 Å². The molecule has 1 saturated heterocycles. The standard InChI is InChI=1S/C72H131NO10/c1-3-5-7-9-11-13-14-15-16-34-37-40-44-48-52-56-60-68(77)81-61-57-53-49-45-41-38-35-32-30-28-26-24-22-20-18-17-19-21-23-25-27-29-31-33-36-39-43-47-51-55-59-67(76)73-64(65(75)58-54-50-46-42-12-10-8-6-4-2)63-82-72-71(80)70(79)69(78)66(62-74)83-72/h4,6,12,16,18,20,34,42,54,58,64-66,69-72,74-75,78-80H,3,5,7-11,13-15,17,19,21-33,35-41,43-53,55-57,59-63H2,1-2H3,(H,73,76)/b6-4+,20-18-,34-16-,42-12+,58-54+. The quantitative estimate of drug-likeness (QED) is 0.0195. The zero-order chi connectivity index (χ0) is 60.2. The van der Waals surface area contributed by atoms with Gasteiger partial charge in [0.15, 0.2) is 6.29 Å². The van der Waals surface area contributed by atoms with Gasteiger partial charge < -0.3 is 45.1 Å². The summed E-state index contributed by atoms with van der Waals surface area (Å²) in [6.07, 6.45) is 71.1. The Labute approximate surface area is 509 Å². The number of allylic oxidation sites excluding steroid dienone is 9. The predicted octanol–water partition coefficient (Wildman–Crippen LogP) is 17.7. The first-order valence-electron chi connectivity index (χ1n) is 35.0. The van der Waals surface area contributed by atoms with Crippen molar-refractivity contribution in [1.29, 1.82) is 0 Å². The van der Waals surface area contributed by atoms with Crippen molar-refractivity contribution >= 4 is 11.9 Å². The molecular weight excluding hydrogens is 1040 g/mol. The van der Waals surface area contributed by atoms with Crippen LogP contribution in [-0.2, 0) is 23.8 Å². The van der Waals surface area contributed by atoms with Crippen LogP contribution >= 0.6 is 0 Å². The van der Waals surface area contributed by atoms with E-state index in [1.165, 1.54) is 231 Å². The van der Waals surface area contributed by atoms with Crippen molar-refractivity contribution in [2.75, 3.05) is 19.8 Å². The van der Waals surface area contributed by atoms with E-state index in [9.17, 15) is 35.1 Å². The van der Waals surface area contributed by atoms with E-state index in [0.29, 0.717) is 19.4 Å². The fourth-order valence-electron chi connectivity index (χ4n) is 10.9. The molecule has 1 aliphatic rings. The second kappa shape index (κ2) is 61.0. The van der Waals surface area contributed by atoms with Crippen LogP contribution in [0.15, 0.2) is 60.8 Å². The Hall–Kier alpha value is -2.64. The number of amides is 1. The number of esters is 1. The molecule has 11 nitrogen and oxygen atoms in total. The Morgan fingerprint density at radius 1 is 0.458 bits per heavy atom. The molecule has 1 heterocycles. The van der Waals surface area contributed by atoms with Gasteiger partial charge in [-0.15, -0.1) is 0 Å². The first kappa shape index (κ1) is 78.4. The van der Waals surface area contributed by atoms with Gasteiger partial charge in [0, 0.05) is 12.8 Å². The van der Waals surface area contributed by atoms with Gasteiger partial charge >= 0.3 is 5.97 Å². The first-order chi connectivity index (χ1) is 40.7. The zero-order valence-corrected chi connectivity index (χ0v) is 53.7. The number of hydrogen-bond acceptors (Lipinski definition) is 10. The van der Waals surface area contributed by atoms with Crippen molar-refractivity contribution in [3.63, 3.8) is 0 Å². The van der Waals surface area contributed by atoms with Crippen LogP contribution in [0.5, 0.6) is 0 Å². The summed E-state index contributed by atoms with van der Waals surface area (Å²) in [5.41, 5.74) is 0. The number of carbonyl (C=O) groups excluding carboxylic acids is 2. The normalized spacial score (nSPS) is 18.5. The highest BCUT2D eigenvalue weighted by Gasteiger charge is 2.44. The van der Waals surface area contributed by atoms with Gasteiger partial charge in [0.25, 0.3) is 0 Å². The highest BCUT2D eigenvalue weighted by atomic mass is 16.7. The molecule has 1 aliphatic heterocycles. The van der Waals surface area contributed by atoms with Crippen LogP contribution in [-0.4, -0.2) is 100 Å². The molecule has 1 amide bonds. The van der Waals surface area contributed by atoms with E-state index >= 15 is 0 Å². The fraction of sp³-hybridized carbons (Fsp3) is 0.833. The third-order valence-electron chi connectivity index (χ3n) is 16.4. The van der Waals surface area contributed by atoms with E-state index in [2.05, 4.69) is 54.8 Å². The van der Waals surface area contributed by atoms with Gasteiger partial charge in [-0.05, 0) is 103 Å². The largest absolute Gasteiger partial charge is 0.466 e. The van der Waals surface area contributed by atoms with Crippen LogP contribution in [0.1, 0.15) is 322 Å². The van der Waals surface area contributed by atoms with Crippen molar-refractivity contribution in [3.05, 3.63) is 60.8 Å². The lowest BCUT2D eigenvalue weighted by molar-refractivity contribution is -0.302. The van der Waals surface area contributed by atoms with Gasteiger partial charge in [0.2, 0.25) is 5.91 Å². The van der Waals surface area contributed by atoms with Crippen LogP contribution in [0.25, 0.3) is 0 Å². The Balaban J connectivity index is 1.91. The average Bonchev–Trinajstić information content (AvgIpc) is 3.65. The van der Waals surface area contributed by atoms with Crippen LogP contribution in [0.2, 0.25) is 0 Å². The molecule has 0 spiro atoms. The molecule has 0 aromatic heterocycles. The number of nitrogens with one attached hydrogen (secondary N) is 1. The lowest BCUT2D eigenvalue weighted by Gasteiger charge is -2.40. The highest BCUT2D eigenvalue weighted by Crippen LogP contribution is 2.23. The van der Waals surface area contributed by atoms with E-state index in [1.807, 2.05) is 19.1 Å². The maximum atomic E-state index is 13.0. The molecule has 1 rings (SSSR count). The Morgan fingerprint density at radius 3 is 1.27 bits per heavy atom. The summed E-state index contributed by atoms with van der Waals surface area (Å²) >= 11 is 0. The molecular formula is C72H131NO10. The second-order valence-corrected chi connectivity index (χ2v) is 24.2. The lowest BCUT2D eigenvalue weighted by Crippen LogP contribution is -2.60. The minimum atomic E-state index is -1.58. The topological polar surface area (TPSA) is 175 Å². The molecule has 0 saturated carbocycles. The summed E-state index contributed by atoms with van der Waals surface area (Å²) in [6, 6.07) is -0.833. The number of aliphatic hydroxyl groups is 5. The lowest BCUT2D eigenvalue weighted by atomic mass is 9.99. The summed E-state index contributed by atoms with van der Waals surface area (Å²) in [5, 5.41) is 54.2. The van der Waals surface area contributed by atoms with Gasteiger partial charge in [-0.1, -0.05) is 267 Å². The van der Waals surface area contributed by atoms with Crippen LogP contribution in [0, 0.1) is 0 Å². The Morgan fingerprint density at radius 2 is 0.831 bits per heavy atom. The van der Waals surface area contributed by atoms with Crippen molar-refractivity contribution in [2.24, 2.45) is 0 Å². The monoisotopic (exact) mass is 1170 g/mol. The number of rotatable bonds is 61. The molecule has 0 bridgehead atoms. The summed E-state index contributed by atoms with van der Waals surface area (Å²) in [6.45, 7) is 4.10. The van der Waals surface area contributed by atoms with E-state index < -0.39 is 49.5 Å². The summed E-state index contributed by atoms with van der Waals surface area (Å²) in [5.74, 6) is -0.197. The van der Waals surface area contributed by atoms with E-state index in [0.717, 1.165) is 64.2 Å². The smallest absolute Gasteiger partial charge is 0.305 e. The molecule has 1 fully saturated rings. The SMILES string of the molecule is C/C=C/CC/C=C/CC/C=C/C(O)C(COC1OC(CO)C(O)C(O)C1O)NC(=O)CCCCCCCCCCCCCCCC/C=C\CCCCCCCCCCCCCCOC(=O)CCCCCCC/C=C\CCCCCCCCC. The summed E-state index contributed by atoms with van der Waals surface area (Å²) in [7, 11) is 0. The second-order valence-electron chi connectivity index (χ2n) is 24.2. The van der Waals surface area contributed by atoms with Crippen molar-refractivity contribution in [1.82, 2.24) is 5.32 Å². The van der Waals surface area contributed by atoms with Crippen molar-refractivity contribution in [3.8, 4) is 0 Å². The molecule has 11 heteroatoms. The molecule has 6 N–H and O–H groups in total. The van der Waals surface area contributed by atoms with Gasteiger partial charge in [-0.25, -0.2) is 0 Å². The Kier molecular flexibility index (Phi) is 57.6. The van der Waals surface area contributed by atoms with Crippen molar-refractivity contribution < 1.29 is 49.3 Å². The molecule has 0 aromatic rings. The minimum absolute atomic E-state index is 0.000710. The molecule has 83 heavy (non-hydrogen) atoms. The summed E-state index contributed by atoms with van der Waals surface area (Å²) in [4.78, 5) is 25.1. The van der Waals surface area contributed by atoms with Gasteiger partial charge in [-0.3, -0.25) is 9.59 Å². The maximum Gasteiger partial charge on any atom is 0.305 e. The highest BCUT2D eigenvalue weighted by molar-refractivity contribution is 5.76. The maximum absolute atomic E-state index is 13.0. The van der Waals surface area contributed by atoms with Crippen molar-refractivity contribution in [2.45, 2.75) is 365 Å². The molecule has 7 unspecified atom stereocenters. The summed E-state index contributed by atoms with van der Waals surface area (Å²) < 4.78 is 16.7. The molecule has 0 radical (unpaired) electrons. The Bertz CT molecular complexity index is 1560. The zero-order valence-electron chi connectivity index (χ0n) is 53.7. The van der Waals surface area contributed by atoms with Gasteiger partial charge in [0.05, 0.1) is 32.0 Å². The van der Waals surface area contributed by atoms with Gasteiger partial charge in [0.1, 0.15) is 24.4 Å². The van der Waals surface area contributed by atoms with Gasteiger partial charge in [-0.2, -0.15) is 0 Å². The first-order valence-corrected chi connectivity index (χ1v) is 35.0. The molecule has 0 aliphatic carbocycles. The molecule has 7 atom stereocenters. The number of unbranched alkanes of at least 4 members (excludes halogenated alkanes) is 40. The molecule has 0 aromatic carbocycles. The number of aliphatic hydroxyl groups excluding tert-OH is 5. The number of ether oxygens (including phenoxy) is 3. The average molecular weight is 1170 g/mol. The minimum Gasteiger partial charge on any atom is -0.466 e. The molecule has 484 valence electrons. The fourth-order valence-corrected chi connectivity index (χ4v) is 10.9. The van der Waals surface area contributed by atoms with Crippen LogP contribution in [0.4, 0.5) is 0 Å². The van der Waals surface area contributed by atoms with Crippen LogP contribution in [0.3, 0.4) is 0 Å². The predicted molar refractivity (Wildman–Crippen MR) is 347 cm³/mol. The van der Waals surface area contributed by atoms with E-state index in [4.69, 9.17) is 14.2 Å². The number of hydrogen-bond donors (Lipinski definition) is 6.